The average Bonchev–Trinajstić information content (AvgIpc) is 3.04. The molecule has 136 valence electrons. The second kappa shape index (κ2) is 9.22. The minimum atomic E-state index is -0.228. The predicted molar refractivity (Wildman–Crippen MR) is 100.0 cm³/mol. The number of carbonyl (C=O) groups is 1. The molecule has 25 heavy (non-hydrogen) atoms. The highest BCUT2D eigenvalue weighted by molar-refractivity contribution is 6.35. The Kier molecular flexibility index (Phi) is 7.29. The normalized spacial score (nSPS) is 12.4. The third-order valence-electron chi connectivity index (χ3n) is 4.06. The van der Waals surface area contributed by atoms with Gasteiger partial charge < -0.3 is 9.73 Å². The van der Waals surface area contributed by atoms with Crippen molar-refractivity contribution in [3.05, 3.63) is 51.7 Å². The second-order valence-corrected chi connectivity index (χ2v) is 6.73. The zero-order valence-electron chi connectivity index (χ0n) is 14.7. The monoisotopic (exact) mass is 383 g/mol. The molecule has 0 radical (unpaired) electrons. The van der Waals surface area contributed by atoms with Crippen LogP contribution in [-0.2, 0) is 13.1 Å². The van der Waals surface area contributed by atoms with Gasteiger partial charge in [0.2, 0.25) is 5.89 Å². The molecule has 1 unspecified atom stereocenters. The average molecular weight is 384 g/mol. The first-order valence-electron chi connectivity index (χ1n) is 8.35. The van der Waals surface area contributed by atoms with Gasteiger partial charge in [0.1, 0.15) is 6.26 Å². The first-order valence-corrected chi connectivity index (χ1v) is 9.10. The molecule has 0 aliphatic carbocycles. The van der Waals surface area contributed by atoms with E-state index in [2.05, 4.69) is 29.0 Å². The van der Waals surface area contributed by atoms with E-state index in [4.69, 9.17) is 27.6 Å². The van der Waals surface area contributed by atoms with Gasteiger partial charge in [0, 0.05) is 29.2 Å². The van der Waals surface area contributed by atoms with Crippen LogP contribution in [0.5, 0.6) is 0 Å². The standard InChI is InChI=1S/C18H23Cl2N3O2/c1-4-12(3)23(9-13-6-7-14(19)8-15(13)20)10-17-22-16(11-25-17)18(24)21-5-2/h6-8,11-12H,4-5,9-10H2,1-3H3,(H,21,24). The third-order valence-corrected chi connectivity index (χ3v) is 4.65. The zero-order chi connectivity index (χ0) is 18.4. The summed E-state index contributed by atoms with van der Waals surface area (Å²) in [6, 6.07) is 5.79. The summed E-state index contributed by atoms with van der Waals surface area (Å²) >= 11 is 12.3. The summed E-state index contributed by atoms with van der Waals surface area (Å²) in [6.45, 7) is 7.81. The van der Waals surface area contributed by atoms with Crippen LogP contribution in [-0.4, -0.2) is 28.4 Å². The van der Waals surface area contributed by atoms with Crippen molar-refractivity contribution in [1.29, 1.82) is 0 Å². The molecule has 1 heterocycles. The number of benzene rings is 1. The number of nitrogens with one attached hydrogen (secondary N) is 1. The summed E-state index contributed by atoms with van der Waals surface area (Å²) in [7, 11) is 0. The number of oxazole rings is 1. The fraction of sp³-hybridized carbons (Fsp3) is 0.444. The molecular formula is C18H23Cl2N3O2. The molecule has 0 aliphatic rings. The lowest BCUT2D eigenvalue weighted by molar-refractivity contribution is 0.0950. The van der Waals surface area contributed by atoms with Crippen molar-refractivity contribution in [3.8, 4) is 0 Å². The van der Waals surface area contributed by atoms with Crippen LogP contribution in [0.3, 0.4) is 0 Å². The molecule has 5 nitrogen and oxygen atoms in total. The molecule has 1 aromatic heterocycles. The van der Waals surface area contributed by atoms with Crippen LogP contribution in [0, 0.1) is 0 Å². The highest BCUT2D eigenvalue weighted by atomic mass is 35.5. The van der Waals surface area contributed by atoms with Gasteiger partial charge in [-0.25, -0.2) is 4.98 Å². The van der Waals surface area contributed by atoms with E-state index in [0.29, 0.717) is 47.3 Å². The Morgan fingerprint density at radius 3 is 2.72 bits per heavy atom. The summed E-state index contributed by atoms with van der Waals surface area (Å²) in [4.78, 5) is 18.3. The summed E-state index contributed by atoms with van der Waals surface area (Å²) in [5.41, 5.74) is 1.28. The maximum atomic E-state index is 11.8. The minimum Gasteiger partial charge on any atom is -0.447 e. The Balaban J connectivity index is 2.14. The van der Waals surface area contributed by atoms with Crippen LogP contribution in [0.4, 0.5) is 0 Å². The quantitative estimate of drug-likeness (QED) is 0.727. The number of rotatable bonds is 8. The van der Waals surface area contributed by atoms with Gasteiger partial charge in [-0.05, 0) is 38.0 Å². The van der Waals surface area contributed by atoms with Gasteiger partial charge >= 0.3 is 0 Å². The number of hydrogen-bond donors (Lipinski definition) is 1. The predicted octanol–water partition coefficient (Wildman–Crippen LogP) is 4.53. The van der Waals surface area contributed by atoms with Gasteiger partial charge in [0.15, 0.2) is 5.69 Å². The fourth-order valence-electron chi connectivity index (χ4n) is 2.41. The van der Waals surface area contributed by atoms with Crippen molar-refractivity contribution in [2.45, 2.75) is 46.3 Å². The smallest absolute Gasteiger partial charge is 0.273 e. The largest absolute Gasteiger partial charge is 0.447 e. The maximum Gasteiger partial charge on any atom is 0.273 e. The van der Waals surface area contributed by atoms with Crippen molar-refractivity contribution < 1.29 is 9.21 Å². The number of aromatic nitrogens is 1. The van der Waals surface area contributed by atoms with Crippen LogP contribution >= 0.6 is 23.2 Å². The van der Waals surface area contributed by atoms with E-state index in [-0.39, 0.29) is 5.91 Å². The number of nitrogens with zero attached hydrogens (tertiary/aromatic N) is 2. The molecule has 1 N–H and O–H groups in total. The SMILES string of the molecule is CCNC(=O)c1coc(CN(Cc2ccc(Cl)cc2Cl)C(C)CC)n1. The van der Waals surface area contributed by atoms with E-state index in [1.807, 2.05) is 19.1 Å². The Morgan fingerprint density at radius 1 is 1.32 bits per heavy atom. The van der Waals surface area contributed by atoms with Gasteiger partial charge in [-0.15, -0.1) is 0 Å². The molecule has 2 aromatic rings. The van der Waals surface area contributed by atoms with Crippen LogP contribution in [0.15, 0.2) is 28.9 Å². The van der Waals surface area contributed by atoms with Crippen LogP contribution < -0.4 is 5.32 Å². The van der Waals surface area contributed by atoms with Crippen molar-refractivity contribution in [3.63, 3.8) is 0 Å². The van der Waals surface area contributed by atoms with Crippen molar-refractivity contribution >= 4 is 29.1 Å². The first-order chi connectivity index (χ1) is 11.9. The van der Waals surface area contributed by atoms with Gasteiger partial charge in [0.05, 0.1) is 6.54 Å². The molecule has 1 atom stereocenters. The van der Waals surface area contributed by atoms with E-state index in [1.54, 1.807) is 6.07 Å². The van der Waals surface area contributed by atoms with E-state index in [1.165, 1.54) is 6.26 Å². The molecular weight excluding hydrogens is 361 g/mol. The Hall–Kier alpha value is -1.56. The van der Waals surface area contributed by atoms with Gasteiger partial charge in [-0.2, -0.15) is 0 Å². The fourth-order valence-corrected chi connectivity index (χ4v) is 2.88. The Bertz CT molecular complexity index is 718. The molecule has 7 heteroatoms. The van der Waals surface area contributed by atoms with Gasteiger partial charge in [0.25, 0.3) is 5.91 Å². The number of carbonyl (C=O) groups excluding carboxylic acids is 1. The third kappa shape index (κ3) is 5.46. The molecule has 1 aromatic carbocycles. The molecule has 0 saturated carbocycles. The summed E-state index contributed by atoms with van der Waals surface area (Å²) in [5, 5.41) is 3.96. The van der Waals surface area contributed by atoms with Crippen molar-refractivity contribution in [2.75, 3.05) is 6.54 Å². The Labute approximate surface area is 158 Å². The number of hydrogen-bond acceptors (Lipinski definition) is 4. The molecule has 0 fully saturated rings. The van der Waals surface area contributed by atoms with Crippen molar-refractivity contribution in [2.24, 2.45) is 0 Å². The molecule has 0 spiro atoms. The lowest BCUT2D eigenvalue weighted by Gasteiger charge is -2.27. The summed E-state index contributed by atoms with van der Waals surface area (Å²) in [6.07, 6.45) is 2.36. The molecule has 2 rings (SSSR count). The first kappa shape index (κ1) is 19.8. The van der Waals surface area contributed by atoms with Crippen LogP contribution in [0.1, 0.15) is 49.1 Å². The van der Waals surface area contributed by atoms with Gasteiger partial charge in [-0.1, -0.05) is 36.2 Å². The topological polar surface area (TPSA) is 58.4 Å². The number of halogens is 2. The summed E-state index contributed by atoms with van der Waals surface area (Å²) in [5.74, 6) is 0.278. The maximum absolute atomic E-state index is 11.8. The molecule has 1 amide bonds. The van der Waals surface area contributed by atoms with Crippen LogP contribution in [0.2, 0.25) is 10.0 Å². The lowest BCUT2D eigenvalue weighted by atomic mass is 10.1. The van der Waals surface area contributed by atoms with Crippen molar-refractivity contribution in [1.82, 2.24) is 15.2 Å². The highest BCUT2D eigenvalue weighted by Crippen LogP contribution is 2.24. The van der Waals surface area contributed by atoms with E-state index >= 15 is 0 Å². The minimum absolute atomic E-state index is 0.228. The van der Waals surface area contributed by atoms with E-state index < -0.39 is 0 Å². The molecule has 0 bridgehead atoms. The number of amides is 1. The Morgan fingerprint density at radius 2 is 2.08 bits per heavy atom. The molecule has 0 saturated heterocycles. The summed E-state index contributed by atoms with van der Waals surface area (Å²) < 4.78 is 5.48. The van der Waals surface area contributed by atoms with E-state index in [0.717, 1.165) is 12.0 Å². The second-order valence-electron chi connectivity index (χ2n) is 5.88. The van der Waals surface area contributed by atoms with Crippen LogP contribution in [0.25, 0.3) is 0 Å². The lowest BCUT2D eigenvalue weighted by Crippen LogP contribution is -2.32. The molecule has 0 aliphatic heterocycles. The highest BCUT2D eigenvalue weighted by Gasteiger charge is 2.19. The zero-order valence-corrected chi connectivity index (χ0v) is 16.2. The van der Waals surface area contributed by atoms with E-state index in [9.17, 15) is 4.79 Å². The van der Waals surface area contributed by atoms with Gasteiger partial charge in [-0.3, -0.25) is 9.69 Å².